The van der Waals surface area contributed by atoms with Crippen LogP contribution in [0.3, 0.4) is 0 Å². The Morgan fingerprint density at radius 1 is 1.43 bits per heavy atom. The van der Waals surface area contributed by atoms with Crippen molar-refractivity contribution in [1.29, 1.82) is 0 Å². The van der Waals surface area contributed by atoms with Crippen molar-refractivity contribution in [3.05, 3.63) is 46.5 Å². The number of nitro benzene ring substituents is 1. The third-order valence-electron chi connectivity index (χ3n) is 1.89. The summed E-state index contributed by atoms with van der Waals surface area (Å²) < 4.78 is 12.9. The van der Waals surface area contributed by atoms with Gasteiger partial charge in [-0.15, -0.1) is 0 Å². The van der Waals surface area contributed by atoms with Gasteiger partial charge >= 0.3 is 0 Å². The van der Waals surface area contributed by atoms with E-state index in [1.165, 1.54) is 24.5 Å². The summed E-state index contributed by atoms with van der Waals surface area (Å²) in [7, 11) is 0. The zero-order chi connectivity index (χ0) is 10.1. The number of hydrogen-bond acceptors (Lipinski definition) is 3. The molecule has 0 atom stereocenters. The maximum absolute atomic E-state index is 12.9. The van der Waals surface area contributed by atoms with Crippen LogP contribution in [-0.4, -0.2) is 9.91 Å². The van der Waals surface area contributed by atoms with Crippen molar-refractivity contribution in [3.8, 4) is 0 Å². The Morgan fingerprint density at radius 2 is 2.21 bits per heavy atom. The van der Waals surface area contributed by atoms with Gasteiger partial charge in [0.1, 0.15) is 5.82 Å². The highest BCUT2D eigenvalue weighted by atomic mass is 19.1. The minimum absolute atomic E-state index is 0.234. The van der Waals surface area contributed by atoms with Gasteiger partial charge in [-0.2, -0.15) is 0 Å². The summed E-state index contributed by atoms with van der Waals surface area (Å²) in [5.74, 6) is -0.628. The van der Waals surface area contributed by atoms with E-state index < -0.39 is 10.7 Å². The van der Waals surface area contributed by atoms with Crippen molar-refractivity contribution >= 4 is 16.5 Å². The number of nitro groups is 1. The molecular formula is C9H5FN2O2. The first-order valence-electron chi connectivity index (χ1n) is 3.86. The van der Waals surface area contributed by atoms with Crippen molar-refractivity contribution in [1.82, 2.24) is 4.98 Å². The first kappa shape index (κ1) is 8.55. The molecule has 0 amide bonds. The second kappa shape index (κ2) is 3.02. The molecule has 2 aromatic rings. The van der Waals surface area contributed by atoms with E-state index in [2.05, 4.69) is 4.98 Å². The number of aromatic nitrogens is 1. The molecule has 0 bridgehead atoms. The van der Waals surface area contributed by atoms with Crippen LogP contribution < -0.4 is 0 Å². The third kappa shape index (κ3) is 1.28. The summed E-state index contributed by atoms with van der Waals surface area (Å²) in [4.78, 5) is 13.7. The maximum atomic E-state index is 12.9. The lowest BCUT2D eigenvalue weighted by atomic mass is 10.1. The van der Waals surface area contributed by atoms with Crippen LogP contribution in [-0.2, 0) is 0 Å². The second-order valence-corrected chi connectivity index (χ2v) is 2.78. The molecule has 0 N–H and O–H groups in total. The Kier molecular flexibility index (Phi) is 1.85. The Balaban J connectivity index is 2.87. The quantitative estimate of drug-likeness (QED) is 0.514. The van der Waals surface area contributed by atoms with Gasteiger partial charge in [0.15, 0.2) is 0 Å². The number of fused-ring (bicyclic) bond motifs is 1. The van der Waals surface area contributed by atoms with E-state index in [1.54, 1.807) is 0 Å². The van der Waals surface area contributed by atoms with Crippen LogP contribution in [0.15, 0.2) is 30.6 Å². The molecule has 0 unspecified atom stereocenters. The summed E-state index contributed by atoms with van der Waals surface area (Å²) in [5.41, 5.74) is -0.234. The van der Waals surface area contributed by atoms with Gasteiger partial charge in [-0.25, -0.2) is 4.39 Å². The molecular weight excluding hydrogens is 187 g/mol. The molecule has 2 rings (SSSR count). The topological polar surface area (TPSA) is 56.0 Å². The third-order valence-corrected chi connectivity index (χ3v) is 1.89. The zero-order valence-electron chi connectivity index (χ0n) is 6.98. The second-order valence-electron chi connectivity index (χ2n) is 2.78. The van der Waals surface area contributed by atoms with Gasteiger partial charge in [0.2, 0.25) is 0 Å². The van der Waals surface area contributed by atoms with Crippen molar-refractivity contribution in [3.63, 3.8) is 0 Å². The fourth-order valence-electron chi connectivity index (χ4n) is 1.30. The fourth-order valence-corrected chi connectivity index (χ4v) is 1.30. The standard InChI is InChI=1S/C9H5FN2O2/c10-7-3-6-5-11-2-1-8(6)9(4-7)12(13)14/h1-5H. The average Bonchev–Trinajstić information content (AvgIpc) is 2.16. The number of hydrogen-bond donors (Lipinski definition) is 0. The van der Waals surface area contributed by atoms with Crippen LogP contribution in [0.4, 0.5) is 10.1 Å². The SMILES string of the molecule is O=[N+]([O-])c1cc(F)cc2cnccc12. The normalized spacial score (nSPS) is 10.4. The Labute approximate surface area is 78.2 Å². The van der Waals surface area contributed by atoms with E-state index in [1.807, 2.05) is 0 Å². The summed E-state index contributed by atoms with van der Waals surface area (Å²) in [6.07, 6.45) is 2.83. The highest BCUT2D eigenvalue weighted by molar-refractivity contribution is 5.89. The number of non-ortho nitro benzene ring substituents is 1. The smallest absolute Gasteiger partial charge is 0.264 e. The average molecular weight is 192 g/mol. The molecule has 0 aliphatic heterocycles. The van der Waals surface area contributed by atoms with E-state index in [0.29, 0.717) is 10.8 Å². The minimum atomic E-state index is -0.628. The molecule has 0 saturated carbocycles. The molecule has 0 aliphatic carbocycles. The molecule has 0 saturated heterocycles. The Hall–Kier alpha value is -2.04. The van der Waals surface area contributed by atoms with Crippen LogP contribution in [0.2, 0.25) is 0 Å². The van der Waals surface area contributed by atoms with Gasteiger partial charge in [0.05, 0.1) is 16.4 Å². The van der Waals surface area contributed by atoms with Crippen molar-refractivity contribution < 1.29 is 9.31 Å². The summed E-state index contributed by atoms with van der Waals surface area (Å²) in [6.45, 7) is 0. The van der Waals surface area contributed by atoms with Crippen molar-refractivity contribution in [2.24, 2.45) is 0 Å². The molecule has 1 heterocycles. The monoisotopic (exact) mass is 192 g/mol. The van der Waals surface area contributed by atoms with Crippen LogP contribution in [0.25, 0.3) is 10.8 Å². The number of halogens is 1. The lowest BCUT2D eigenvalue weighted by Gasteiger charge is -1.98. The summed E-state index contributed by atoms with van der Waals surface area (Å²) in [5, 5.41) is 11.4. The Bertz CT molecular complexity index is 513. The molecule has 0 spiro atoms. The first-order chi connectivity index (χ1) is 6.68. The van der Waals surface area contributed by atoms with E-state index in [4.69, 9.17) is 0 Å². The molecule has 0 radical (unpaired) electrons. The van der Waals surface area contributed by atoms with Gasteiger partial charge in [-0.05, 0) is 12.1 Å². The fraction of sp³-hybridized carbons (Fsp3) is 0. The van der Waals surface area contributed by atoms with Crippen molar-refractivity contribution in [2.45, 2.75) is 0 Å². The first-order valence-corrected chi connectivity index (χ1v) is 3.86. The van der Waals surface area contributed by atoms with E-state index >= 15 is 0 Å². The number of nitrogens with zero attached hydrogens (tertiary/aromatic N) is 2. The van der Waals surface area contributed by atoms with Crippen LogP contribution in [0, 0.1) is 15.9 Å². The number of benzene rings is 1. The summed E-state index contributed by atoms with van der Waals surface area (Å²) >= 11 is 0. The van der Waals surface area contributed by atoms with Crippen LogP contribution in [0.1, 0.15) is 0 Å². The van der Waals surface area contributed by atoms with E-state index in [-0.39, 0.29) is 5.69 Å². The molecule has 0 fully saturated rings. The number of rotatable bonds is 1. The van der Waals surface area contributed by atoms with Gasteiger partial charge in [-0.1, -0.05) is 0 Å². The molecule has 70 valence electrons. The van der Waals surface area contributed by atoms with Gasteiger partial charge < -0.3 is 0 Å². The highest BCUT2D eigenvalue weighted by Gasteiger charge is 2.13. The molecule has 1 aromatic heterocycles. The molecule has 4 nitrogen and oxygen atoms in total. The largest absolute Gasteiger partial charge is 0.280 e. The maximum Gasteiger partial charge on any atom is 0.280 e. The molecule has 1 aromatic carbocycles. The highest BCUT2D eigenvalue weighted by Crippen LogP contribution is 2.25. The van der Waals surface area contributed by atoms with Gasteiger partial charge in [-0.3, -0.25) is 15.1 Å². The van der Waals surface area contributed by atoms with E-state index in [0.717, 1.165) is 6.07 Å². The Morgan fingerprint density at radius 3 is 2.93 bits per heavy atom. The van der Waals surface area contributed by atoms with E-state index in [9.17, 15) is 14.5 Å². The van der Waals surface area contributed by atoms with Gasteiger partial charge in [0, 0.05) is 17.8 Å². The molecule has 0 aliphatic rings. The predicted octanol–water partition coefficient (Wildman–Crippen LogP) is 2.28. The van der Waals surface area contributed by atoms with Crippen LogP contribution in [0.5, 0.6) is 0 Å². The number of pyridine rings is 1. The molecule has 5 heteroatoms. The van der Waals surface area contributed by atoms with Crippen molar-refractivity contribution in [2.75, 3.05) is 0 Å². The zero-order valence-corrected chi connectivity index (χ0v) is 6.98. The lowest BCUT2D eigenvalue weighted by molar-refractivity contribution is -0.383. The molecule has 14 heavy (non-hydrogen) atoms. The van der Waals surface area contributed by atoms with Crippen LogP contribution >= 0.6 is 0 Å². The van der Waals surface area contributed by atoms with Gasteiger partial charge in [0.25, 0.3) is 5.69 Å². The summed E-state index contributed by atoms with van der Waals surface area (Å²) in [6, 6.07) is 3.62. The minimum Gasteiger partial charge on any atom is -0.264 e. The lowest BCUT2D eigenvalue weighted by Crippen LogP contribution is -1.91. The predicted molar refractivity (Wildman–Crippen MR) is 48.4 cm³/mol.